The number of aryl methyl sites for hydroxylation is 2. The van der Waals surface area contributed by atoms with Gasteiger partial charge in [0.1, 0.15) is 5.01 Å². The van der Waals surface area contributed by atoms with E-state index in [1.54, 1.807) is 4.90 Å². The summed E-state index contributed by atoms with van der Waals surface area (Å²) in [7, 11) is 0. The number of carbonyl (C=O) groups excluding carboxylic acids is 2. The third-order valence-corrected chi connectivity index (χ3v) is 6.46. The van der Waals surface area contributed by atoms with Crippen molar-refractivity contribution in [1.82, 2.24) is 10.2 Å². The van der Waals surface area contributed by atoms with Crippen molar-refractivity contribution in [2.45, 2.75) is 52.9 Å². The fourth-order valence-electron chi connectivity index (χ4n) is 3.13. The Bertz CT molecular complexity index is 875. The molecule has 1 N–H and O–H groups in total. The van der Waals surface area contributed by atoms with Crippen LogP contribution >= 0.6 is 11.3 Å². The first-order chi connectivity index (χ1) is 12.7. The molecule has 1 saturated heterocycles. The van der Waals surface area contributed by atoms with Gasteiger partial charge in [-0.05, 0) is 31.9 Å². The minimum atomic E-state index is -0.385. The second-order valence-corrected chi connectivity index (χ2v) is 8.81. The number of benzene rings is 1. The number of nitrogens with one attached hydrogen (secondary N) is 1. The summed E-state index contributed by atoms with van der Waals surface area (Å²) >= 11 is 1.40. The lowest BCUT2D eigenvalue weighted by Crippen LogP contribution is -2.28. The van der Waals surface area contributed by atoms with Gasteiger partial charge in [0, 0.05) is 24.1 Å². The minimum Gasteiger partial charge on any atom is -0.311 e. The van der Waals surface area contributed by atoms with Crippen molar-refractivity contribution >= 4 is 34.0 Å². The van der Waals surface area contributed by atoms with E-state index in [4.69, 9.17) is 0 Å². The van der Waals surface area contributed by atoms with Crippen molar-refractivity contribution in [3.63, 3.8) is 0 Å². The maximum atomic E-state index is 12.7. The highest BCUT2D eigenvalue weighted by Crippen LogP contribution is 2.32. The van der Waals surface area contributed by atoms with Gasteiger partial charge in [-0.15, -0.1) is 10.2 Å². The molecule has 2 amide bonds. The van der Waals surface area contributed by atoms with Crippen molar-refractivity contribution in [2.75, 3.05) is 16.8 Å². The standard InChI is InChI=1S/C20H26N4O2S/c1-6-20(4,5)18-22-23-19(27-18)21-17(26)14-10-16(25)24(11-14)15-8-7-12(2)9-13(15)3/h7-9,14H,6,10-11H2,1-5H3,(H,21,23,26). The number of aromatic nitrogens is 2. The van der Waals surface area contributed by atoms with Crippen LogP contribution < -0.4 is 10.2 Å². The third-order valence-electron chi connectivity index (χ3n) is 5.26. The van der Waals surface area contributed by atoms with E-state index < -0.39 is 0 Å². The highest BCUT2D eigenvalue weighted by Gasteiger charge is 2.36. The van der Waals surface area contributed by atoms with E-state index >= 15 is 0 Å². The number of nitrogens with zero attached hydrogens (tertiary/aromatic N) is 3. The molecule has 3 rings (SSSR count). The predicted molar refractivity (Wildman–Crippen MR) is 108 cm³/mol. The third kappa shape index (κ3) is 4.03. The van der Waals surface area contributed by atoms with Crippen LogP contribution in [0.5, 0.6) is 0 Å². The molecule has 27 heavy (non-hydrogen) atoms. The van der Waals surface area contributed by atoms with Crippen LogP contribution in [0.15, 0.2) is 18.2 Å². The quantitative estimate of drug-likeness (QED) is 0.847. The van der Waals surface area contributed by atoms with Gasteiger partial charge in [0.2, 0.25) is 16.9 Å². The maximum absolute atomic E-state index is 12.7. The smallest absolute Gasteiger partial charge is 0.231 e. The lowest BCUT2D eigenvalue weighted by molar-refractivity contribution is -0.122. The average molecular weight is 387 g/mol. The number of hydrogen-bond acceptors (Lipinski definition) is 5. The molecule has 0 spiro atoms. The largest absolute Gasteiger partial charge is 0.311 e. The number of amides is 2. The van der Waals surface area contributed by atoms with E-state index in [1.807, 2.05) is 32.0 Å². The Balaban J connectivity index is 1.69. The summed E-state index contributed by atoms with van der Waals surface area (Å²) in [6, 6.07) is 5.99. The Kier molecular flexibility index (Phi) is 5.33. The first-order valence-corrected chi connectivity index (χ1v) is 10.1. The molecule has 0 radical (unpaired) electrons. The van der Waals surface area contributed by atoms with E-state index in [0.717, 1.165) is 28.2 Å². The van der Waals surface area contributed by atoms with Crippen molar-refractivity contribution in [3.05, 3.63) is 34.3 Å². The summed E-state index contributed by atoms with van der Waals surface area (Å²) in [5.41, 5.74) is 3.01. The summed E-state index contributed by atoms with van der Waals surface area (Å²) in [6.07, 6.45) is 1.16. The Morgan fingerprint density at radius 3 is 2.74 bits per heavy atom. The Hall–Kier alpha value is -2.28. The number of carbonyl (C=O) groups is 2. The zero-order chi connectivity index (χ0) is 19.8. The normalized spacial score (nSPS) is 17.4. The molecule has 2 aromatic rings. The van der Waals surface area contributed by atoms with Crippen LogP contribution in [0.25, 0.3) is 0 Å². The van der Waals surface area contributed by atoms with E-state index in [-0.39, 0.29) is 29.6 Å². The monoisotopic (exact) mass is 386 g/mol. The van der Waals surface area contributed by atoms with Crippen LogP contribution in [0.3, 0.4) is 0 Å². The average Bonchev–Trinajstić information content (AvgIpc) is 3.22. The summed E-state index contributed by atoms with van der Waals surface area (Å²) < 4.78 is 0. The Morgan fingerprint density at radius 1 is 1.33 bits per heavy atom. The fraction of sp³-hybridized carbons (Fsp3) is 0.500. The lowest BCUT2D eigenvalue weighted by atomic mass is 9.91. The maximum Gasteiger partial charge on any atom is 0.231 e. The van der Waals surface area contributed by atoms with Gasteiger partial charge in [-0.25, -0.2) is 0 Å². The lowest BCUT2D eigenvalue weighted by Gasteiger charge is -2.19. The Morgan fingerprint density at radius 2 is 2.07 bits per heavy atom. The predicted octanol–water partition coefficient (Wildman–Crippen LogP) is 3.83. The summed E-state index contributed by atoms with van der Waals surface area (Å²) in [5, 5.41) is 12.6. The van der Waals surface area contributed by atoms with Crippen molar-refractivity contribution in [1.29, 1.82) is 0 Å². The van der Waals surface area contributed by atoms with Crippen LogP contribution in [0.4, 0.5) is 10.8 Å². The van der Waals surface area contributed by atoms with Crippen LogP contribution in [0, 0.1) is 19.8 Å². The SMILES string of the molecule is CCC(C)(C)c1nnc(NC(=O)C2CC(=O)N(c3ccc(C)cc3C)C2)s1. The van der Waals surface area contributed by atoms with Crippen molar-refractivity contribution in [3.8, 4) is 0 Å². The highest BCUT2D eigenvalue weighted by molar-refractivity contribution is 7.15. The van der Waals surface area contributed by atoms with Gasteiger partial charge in [-0.2, -0.15) is 0 Å². The van der Waals surface area contributed by atoms with E-state index in [0.29, 0.717) is 11.7 Å². The van der Waals surface area contributed by atoms with Crippen molar-refractivity contribution in [2.24, 2.45) is 5.92 Å². The van der Waals surface area contributed by atoms with Crippen LogP contribution in [-0.2, 0) is 15.0 Å². The van der Waals surface area contributed by atoms with Crippen LogP contribution in [-0.4, -0.2) is 28.6 Å². The van der Waals surface area contributed by atoms with Gasteiger partial charge >= 0.3 is 0 Å². The summed E-state index contributed by atoms with van der Waals surface area (Å²) in [4.78, 5) is 26.8. The number of hydrogen-bond donors (Lipinski definition) is 1. The Labute approximate surface area is 164 Å². The number of anilines is 2. The van der Waals surface area contributed by atoms with Crippen molar-refractivity contribution < 1.29 is 9.59 Å². The highest BCUT2D eigenvalue weighted by atomic mass is 32.1. The van der Waals surface area contributed by atoms with Gasteiger partial charge in [0.25, 0.3) is 0 Å². The molecule has 0 bridgehead atoms. The molecule has 1 aromatic carbocycles. The van der Waals surface area contributed by atoms with Crippen LogP contribution in [0.2, 0.25) is 0 Å². The van der Waals surface area contributed by atoms with E-state index in [2.05, 4.69) is 36.3 Å². The molecule has 1 atom stereocenters. The molecular formula is C20H26N4O2S. The molecule has 0 saturated carbocycles. The molecule has 2 heterocycles. The fourth-order valence-corrected chi connectivity index (χ4v) is 4.05. The second-order valence-electron chi connectivity index (χ2n) is 7.83. The summed E-state index contributed by atoms with van der Waals surface area (Å²) in [5.74, 6) is -0.579. The molecular weight excluding hydrogens is 360 g/mol. The topological polar surface area (TPSA) is 75.2 Å². The van der Waals surface area contributed by atoms with Gasteiger partial charge in [0.05, 0.1) is 5.92 Å². The van der Waals surface area contributed by atoms with Gasteiger partial charge in [0.15, 0.2) is 0 Å². The van der Waals surface area contributed by atoms with E-state index in [1.165, 1.54) is 11.3 Å². The second kappa shape index (κ2) is 7.38. The molecule has 1 aliphatic rings. The summed E-state index contributed by atoms with van der Waals surface area (Å²) in [6.45, 7) is 10.7. The van der Waals surface area contributed by atoms with Gasteiger partial charge < -0.3 is 10.2 Å². The molecule has 7 heteroatoms. The molecule has 6 nitrogen and oxygen atoms in total. The number of rotatable bonds is 5. The zero-order valence-corrected chi connectivity index (χ0v) is 17.3. The molecule has 1 aliphatic heterocycles. The molecule has 1 aromatic heterocycles. The molecule has 0 aliphatic carbocycles. The van der Waals surface area contributed by atoms with Gasteiger partial charge in [-0.1, -0.05) is 49.8 Å². The van der Waals surface area contributed by atoms with Gasteiger partial charge in [-0.3, -0.25) is 9.59 Å². The molecule has 144 valence electrons. The minimum absolute atomic E-state index is 0.0211. The zero-order valence-electron chi connectivity index (χ0n) is 16.5. The molecule has 1 unspecified atom stereocenters. The first kappa shape index (κ1) is 19.5. The van der Waals surface area contributed by atoms with E-state index in [9.17, 15) is 9.59 Å². The molecule has 1 fully saturated rings. The van der Waals surface area contributed by atoms with Crippen LogP contribution in [0.1, 0.15) is 49.7 Å². The first-order valence-electron chi connectivity index (χ1n) is 9.23.